The molecule has 0 aliphatic rings. The van der Waals surface area contributed by atoms with E-state index in [1.165, 1.54) is 24.3 Å². The minimum Gasteiger partial charge on any atom is -0.481 e. The molecule has 1 atom stereocenters. The Bertz CT molecular complexity index is 412. The Labute approximate surface area is 106 Å². The summed E-state index contributed by atoms with van der Waals surface area (Å²) >= 11 is 0. The summed E-state index contributed by atoms with van der Waals surface area (Å²) in [7, 11) is 0. The molecule has 0 fully saturated rings. The Hall–Kier alpha value is -1.71. The molecule has 0 radical (unpaired) electrons. The van der Waals surface area contributed by atoms with E-state index in [0.29, 0.717) is 31.2 Å². The van der Waals surface area contributed by atoms with E-state index in [1.807, 2.05) is 0 Å². The minimum absolute atomic E-state index is 0.0296. The highest BCUT2D eigenvalue weighted by atomic mass is 19.1. The molecule has 1 N–H and O–H groups in total. The van der Waals surface area contributed by atoms with Crippen molar-refractivity contribution >= 4 is 11.8 Å². The van der Waals surface area contributed by atoms with Crippen LogP contribution in [0.25, 0.3) is 0 Å². The molecule has 0 aliphatic carbocycles. The van der Waals surface area contributed by atoms with Crippen LogP contribution in [0.5, 0.6) is 0 Å². The first-order valence-electron chi connectivity index (χ1n) is 6.02. The Kier molecular flexibility index (Phi) is 5.49. The summed E-state index contributed by atoms with van der Waals surface area (Å²) in [5.74, 6) is -1.56. The van der Waals surface area contributed by atoms with E-state index in [0.717, 1.165) is 0 Å². The first kappa shape index (κ1) is 14.4. The number of aliphatic carboxylic acids is 1. The monoisotopic (exact) mass is 252 g/mol. The van der Waals surface area contributed by atoms with Gasteiger partial charge in [-0.1, -0.05) is 13.3 Å². The summed E-state index contributed by atoms with van der Waals surface area (Å²) < 4.78 is 12.7. The molecule has 0 amide bonds. The van der Waals surface area contributed by atoms with Gasteiger partial charge in [0.1, 0.15) is 5.82 Å². The van der Waals surface area contributed by atoms with Gasteiger partial charge in [0, 0.05) is 12.0 Å². The molecule has 0 saturated heterocycles. The number of hydrogen-bond donors (Lipinski definition) is 1. The smallest absolute Gasteiger partial charge is 0.306 e. The van der Waals surface area contributed by atoms with Gasteiger partial charge in [-0.05, 0) is 37.1 Å². The maximum atomic E-state index is 12.7. The molecular weight excluding hydrogens is 235 g/mol. The number of hydrogen-bond acceptors (Lipinski definition) is 2. The van der Waals surface area contributed by atoms with Crippen LogP contribution in [-0.4, -0.2) is 16.9 Å². The van der Waals surface area contributed by atoms with E-state index in [4.69, 9.17) is 5.11 Å². The van der Waals surface area contributed by atoms with Crippen molar-refractivity contribution in [3.63, 3.8) is 0 Å². The molecule has 18 heavy (non-hydrogen) atoms. The molecule has 0 spiro atoms. The third kappa shape index (κ3) is 4.65. The average molecular weight is 252 g/mol. The Morgan fingerprint density at radius 2 is 1.83 bits per heavy atom. The molecule has 0 heterocycles. The van der Waals surface area contributed by atoms with Crippen LogP contribution in [0.15, 0.2) is 24.3 Å². The first-order chi connectivity index (χ1) is 8.50. The molecule has 98 valence electrons. The number of carboxylic acids is 1. The highest BCUT2D eigenvalue weighted by Crippen LogP contribution is 2.12. The topological polar surface area (TPSA) is 54.4 Å². The van der Waals surface area contributed by atoms with Gasteiger partial charge in [0.25, 0.3) is 0 Å². The molecule has 1 unspecified atom stereocenters. The second kappa shape index (κ2) is 6.89. The van der Waals surface area contributed by atoms with E-state index in [1.54, 1.807) is 6.92 Å². The van der Waals surface area contributed by atoms with E-state index in [2.05, 4.69) is 0 Å². The molecule has 1 rings (SSSR count). The van der Waals surface area contributed by atoms with Gasteiger partial charge in [-0.25, -0.2) is 4.39 Å². The van der Waals surface area contributed by atoms with Gasteiger partial charge >= 0.3 is 5.97 Å². The van der Waals surface area contributed by atoms with Crippen molar-refractivity contribution in [2.45, 2.75) is 32.6 Å². The van der Waals surface area contributed by atoms with E-state index < -0.39 is 5.97 Å². The van der Waals surface area contributed by atoms with Gasteiger partial charge in [0.2, 0.25) is 0 Å². The zero-order valence-corrected chi connectivity index (χ0v) is 10.4. The molecular formula is C14H17FO3. The summed E-state index contributed by atoms with van der Waals surface area (Å²) in [6.07, 6.45) is 2.32. The molecule has 0 saturated carbocycles. The molecule has 0 bridgehead atoms. The van der Waals surface area contributed by atoms with E-state index >= 15 is 0 Å². The van der Waals surface area contributed by atoms with Crippen LogP contribution in [0.4, 0.5) is 4.39 Å². The number of Topliss-reactive ketones (excluding diaryl/α,β-unsaturated/α-hetero) is 1. The van der Waals surface area contributed by atoms with Gasteiger partial charge in [0.05, 0.1) is 5.92 Å². The van der Waals surface area contributed by atoms with Crippen molar-refractivity contribution in [1.82, 2.24) is 0 Å². The van der Waals surface area contributed by atoms with Gasteiger partial charge in [0.15, 0.2) is 5.78 Å². The van der Waals surface area contributed by atoms with Crippen molar-refractivity contribution in [3.8, 4) is 0 Å². The molecule has 0 aliphatic heterocycles. The maximum absolute atomic E-state index is 12.7. The van der Waals surface area contributed by atoms with E-state index in [-0.39, 0.29) is 17.5 Å². The van der Waals surface area contributed by atoms with Crippen LogP contribution >= 0.6 is 0 Å². The molecule has 1 aromatic carbocycles. The van der Waals surface area contributed by atoms with Gasteiger partial charge < -0.3 is 5.11 Å². The lowest BCUT2D eigenvalue weighted by Crippen LogP contribution is -2.09. The lowest BCUT2D eigenvalue weighted by atomic mass is 10.0. The van der Waals surface area contributed by atoms with Crippen LogP contribution in [0.3, 0.4) is 0 Å². The standard InChI is InChI=1S/C14H17FO3/c1-10(14(17)18)4-2-3-5-13(16)11-6-8-12(15)9-7-11/h6-10H,2-5H2,1H3,(H,17,18). The highest BCUT2D eigenvalue weighted by Gasteiger charge is 2.11. The Morgan fingerprint density at radius 3 is 2.39 bits per heavy atom. The SMILES string of the molecule is CC(CCCCC(=O)c1ccc(F)cc1)C(=O)O. The average Bonchev–Trinajstić information content (AvgIpc) is 2.34. The fourth-order valence-corrected chi connectivity index (χ4v) is 1.64. The summed E-state index contributed by atoms with van der Waals surface area (Å²) in [5, 5.41) is 8.69. The number of carbonyl (C=O) groups excluding carboxylic acids is 1. The number of rotatable bonds is 7. The molecule has 1 aromatic rings. The molecule has 3 nitrogen and oxygen atoms in total. The second-order valence-electron chi connectivity index (χ2n) is 4.42. The summed E-state index contributed by atoms with van der Waals surface area (Å²) in [4.78, 5) is 22.3. The summed E-state index contributed by atoms with van der Waals surface area (Å²) in [6.45, 7) is 1.66. The quantitative estimate of drug-likeness (QED) is 0.598. The second-order valence-corrected chi connectivity index (χ2v) is 4.42. The fourth-order valence-electron chi connectivity index (χ4n) is 1.64. The van der Waals surface area contributed by atoms with Gasteiger partial charge in [-0.15, -0.1) is 0 Å². The summed E-state index contributed by atoms with van der Waals surface area (Å²) in [6, 6.07) is 5.47. The van der Waals surface area contributed by atoms with Crippen LogP contribution in [0, 0.1) is 11.7 Å². The normalized spacial score (nSPS) is 12.1. The minimum atomic E-state index is -0.806. The van der Waals surface area contributed by atoms with E-state index in [9.17, 15) is 14.0 Å². The Balaban J connectivity index is 2.29. The van der Waals surface area contributed by atoms with Crippen molar-refractivity contribution in [3.05, 3.63) is 35.6 Å². The predicted octanol–water partition coefficient (Wildman–Crippen LogP) is 3.29. The van der Waals surface area contributed by atoms with Crippen LogP contribution < -0.4 is 0 Å². The highest BCUT2D eigenvalue weighted by molar-refractivity contribution is 5.95. The number of carboxylic acid groups (broad SMARTS) is 1. The van der Waals surface area contributed by atoms with Gasteiger partial charge in [-0.3, -0.25) is 9.59 Å². The van der Waals surface area contributed by atoms with Gasteiger partial charge in [-0.2, -0.15) is 0 Å². The molecule has 4 heteroatoms. The third-order valence-corrected chi connectivity index (χ3v) is 2.88. The lowest BCUT2D eigenvalue weighted by Gasteiger charge is -2.05. The van der Waals surface area contributed by atoms with Crippen LogP contribution in [-0.2, 0) is 4.79 Å². The van der Waals surface area contributed by atoms with Crippen LogP contribution in [0.1, 0.15) is 43.0 Å². The zero-order valence-electron chi connectivity index (χ0n) is 10.4. The van der Waals surface area contributed by atoms with Crippen molar-refractivity contribution in [2.24, 2.45) is 5.92 Å². The number of ketones is 1. The third-order valence-electron chi connectivity index (χ3n) is 2.88. The van der Waals surface area contributed by atoms with Crippen LogP contribution in [0.2, 0.25) is 0 Å². The van der Waals surface area contributed by atoms with Crippen molar-refractivity contribution < 1.29 is 19.1 Å². The largest absolute Gasteiger partial charge is 0.481 e. The zero-order chi connectivity index (χ0) is 13.5. The molecule has 0 aromatic heterocycles. The van der Waals surface area contributed by atoms with Crippen molar-refractivity contribution in [1.29, 1.82) is 0 Å². The number of carbonyl (C=O) groups is 2. The fraction of sp³-hybridized carbons (Fsp3) is 0.429. The number of unbranched alkanes of at least 4 members (excludes halogenated alkanes) is 1. The summed E-state index contributed by atoms with van der Waals surface area (Å²) in [5.41, 5.74) is 0.502. The maximum Gasteiger partial charge on any atom is 0.306 e. The first-order valence-corrected chi connectivity index (χ1v) is 6.02. The number of halogens is 1. The Morgan fingerprint density at radius 1 is 1.22 bits per heavy atom. The predicted molar refractivity (Wildman–Crippen MR) is 66.0 cm³/mol. The van der Waals surface area contributed by atoms with Crippen molar-refractivity contribution in [2.75, 3.05) is 0 Å². The lowest BCUT2D eigenvalue weighted by molar-refractivity contribution is -0.141. The number of benzene rings is 1.